The van der Waals surface area contributed by atoms with Crippen molar-refractivity contribution in [3.05, 3.63) is 18.0 Å². The fourth-order valence-corrected chi connectivity index (χ4v) is 1.25. The van der Waals surface area contributed by atoms with E-state index in [4.69, 9.17) is 5.26 Å². The number of esters is 1. The molecule has 0 aliphatic rings. The standard InChI is InChI=1S/C11H14N4O2/c1-7(2)9(10(16)17-3)15-11-13-5-4-8(6-12)14-11/h4-5,7,9H,1-3H3,(H,13,14,15). The number of carbonyl (C=O) groups is 1. The van der Waals surface area contributed by atoms with Crippen molar-refractivity contribution in [3.8, 4) is 6.07 Å². The molecule has 6 nitrogen and oxygen atoms in total. The Morgan fingerprint density at radius 3 is 2.82 bits per heavy atom. The second kappa shape index (κ2) is 5.80. The van der Waals surface area contributed by atoms with E-state index in [0.29, 0.717) is 0 Å². The minimum atomic E-state index is -0.533. The first-order chi connectivity index (χ1) is 8.08. The number of nitrogens with zero attached hydrogens (tertiary/aromatic N) is 3. The van der Waals surface area contributed by atoms with Gasteiger partial charge >= 0.3 is 5.97 Å². The quantitative estimate of drug-likeness (QED) is 0.780. The van der Waals surface area contributed by atoms with Crippen LogP contribution in [-0.4, -0.2) is 29.1 Å². The van der Waals surface area contributed by atoms with Gasteiger partial charge in [0.1, 0.15) is 17.8 Å². The molecule has 6 heteroatoms. The third-order valence-electron chi connectivity index (χ3n) is 2.18. The summed E-state index contributed by atoms with van der Waals surface area (Å²) in [4.78, 5) is 19.4. The first kappa shape index (κ1) is 12.9. The average Bonchev–Trinajstić information content (AvgIpc) is 2.35. The topological polar surface area (TPSA) is 87.9 Å². The summed E-state index contributed by atoms with van der Waals surface area (Å²) in [6, 6.07) is 2.87. The van der Waals surface area contributed by atoms with Crippen molar-refractivity contribution in [2.75, 3.05) is 12.4 Å². The molecule has 1 aromatic rings. The molecule has 17 heavy (non-hydrogen) atoms. The van der Waals surface area contributed by atoms with Crippen molar-refractivity contribution in [2.24, 2.45) is 5.92 Å². The third-order valence-corrected chi connectivity index (χ3v) is 2.18. The van der Waals surface area contributed by atoms with Gasteiger partial charge in [0.05, 0.1) is 7.11 Å². The fraction of sp³-hybridized carbons (Fsp3) is 0.455. The van der Waals surface area contributed by atoms with Gasteiger partial charge in [0.25, 0.3) is 0 Å². The number of anilines is 1. The van der Waals surface area contributed by atoms with Crippen molar-refractivity contribution >= 4 is 11.9 Å². The van der Waals surface area contributed by atoms with Crippen molar-refractivity contribution in [1.82, 2.24) is 9.97 Å². The Balaban J connectivity index is 2.86. The van der Waals surface area contributed by atoms with Crippen molar-refractivity contribution < 1.29 is 9.53 Å². The van der Waals surface area contributed by atoms with E-state index < -0.39 is 6.04 Å². The van der Waals surface area contributed by atoms with E-state index in [2.05, 4.69) is 20.0 Å². The highest BCUT2D eigenvalue weighted by molar-refractivity contribution is 5.78. The van der Waals surface area contributed by atoms with Crippen LogP contribution in [0.5, 0.6) is 0 Å². The summed E-state index contributed by atoms with van der Waals surface area (Å²) >= 11 is 0. The van der Waals surface area contributed by atoms with Crippen LogP contribution in [0.2, 0.25) is 0 Å². The van der Waals surface area contributed by atoms with E-state index in [1.54, 1.807) is 0 Å². The van der Waals surface area contributed by atoms with Crippen LogP contribution < -0.4 is 5.32 Å². The van der Waals surface area contributed by atoms with Crippen molar-refractivity contribution in [1.29, 1.82) is 5.26 Å². The molecule has 0 aliphatic heterocycles. The number of nitriles is 1. The third kappa shape index (κ3) is 3.41. The summed E-state index contributed by atoms with van der Waals surface area (Å²) in [6.45, 7) is 3.76. The highest BCUT2D eigenvalue weighted by Gasteiger charge is 2.23. The number of ether oxygens (including phenoxy) is 1. The molecule has 1 rings (SSSR count). The maximum absolute atomic E-state index is 11.5. The fourth-order valence-electron chi connectivity index (χ4n) is 1.25. The van der Waals surface area contributed by atoms with E-state index in [0.717, 1.165) is 0 Å². The van der Waals surface area contributed by atoms with Crippen LogP contribution in [0.1, 0.15) is 19.5 Å². The molecule has 0 spiro atoms. The molecule has 0 aliphatic carbocycles. The largest absolute Gasteiger partial charge is 0.467 e. The lowest BCUT2D eigenvalue weighted by Gasteiger charge is -2.19. The average molecular weight is 234 g/mol. The van der Waals surface area contributed by atoms with Gasteiger partial charge in [-0.3, -0.25) is 0 Å². The first-order valence-corrected chi connectivity index (χ1v) is 5.16. The molecule has 90 valence electrons. The second-order valence-electron chi connectivity index (χ2n) is 3.77. The number of methoxy groups -OCH3 is 1. The van der Waals surface area contributed by atoms with Crippen LogP contribution in [0.25, 0.3) is 0 Å². The summed E-state index contributed by atoms with van der Waals surface area (Å²) in [5.74, 6) is -0.115. The minimum absolute atomic E-state index is 0.0248. The maximum atomic E-state index is 11.5. The van der Waals surface area contributed by atoms with Gasteiger partial charge in [-0.25, -0.2) is 14.8 Å². The van der Waals surface area contributed by atoms with E-state index in [-0.39, 0.29) is 23.5 Å². The highest BCUT2D eigenvalue weighted by atomic mass is 16.5. The molecular weight excluding hydrogens is 220 g/mol. The number of aromatic nitrogens is 2. The summed E-state index contributed by atoms with van der Waals surface area (Å²) in [6.07, 6.45) is 1.46. The van der Waals surface area contributed by atoms with E-state index in [1.807, 2.05) is 19.9 Å². The van der Waals surface area contributed by atoms with Crippen LogP contribution in [-0.2, 0) is 9.53 Å². The van der Waals surface area contributed by atoms with Gasteiger partial charge in [-0.1, -0.05) is 13.8 Å². The number of nitrogens with one attached hydrogen (secondary N) is 1. The SMILES string of the molecule is COC(=O)C(Nc1nccc(C#N)n1)C(C)C. The molecule has 0 saturated carbocycles. The molecule has 0 saturated heterocycles. The normalized spacial score (nSPS) is 11.7. The molecule has 0 radical (unpaired) electrons. The molecule has 0 fully saturated rings. The number of carbonyl (C=O) groups excluding carboxylic acids is 1. The zero-order valence-electron chi connectivity index (χ0n) is 9.97. The Labute approximate surface area is 99.6 Å². The Morgan fingerprint density at radius 1 is 1.59 bits per heavy atom. The molecule has 0 bridgehead atoms. The zero-order chi connectivity index (χ0) is 12.8. The smallest absolute Gasteiger partial charge is 0.328 e. The van der Waals surface area contributed by atoms with Gasteiger partial charge in [0.15, 0.2) is 0 Å². The summed E-state index contributed by atoms with van der Waals surface area (Å²) < 4.78 is 4.68. The lowest BCUT2D eigenvalue weighted by Crippen LogP contribution is -2.36. The van der Waals surface area contributed by atoms with Crippen LogP contribution in [0.4, 0.5) is 5.95 Å². The van der Waals surface area contributed by atoms with E-state index in [1.165, 1.54) is 19.4 Å². The van der Waals surface area contributed by atoms with Gasteiger partial charge in [-0.15, -0.1) is 0 Å². The molecule has 0 amide bonds. The van der Waals surface area contributed by atoms with Gasteiger partial charge in [0.2, 0.25) is 5.95 Å². The van der Waals surface area contributed by atoms with Gasteiger partial charge < -0.3 is 10.1 Å². The van der Waals surface area contributed by atoms with Crippen LogP contribution in [0.3, 0.4) is 0 Å². The minimum Gasteiger partial charge on any atom is -0.467 e. The Kier molecular flexibility index (Phi) is 4.40. The van der Waals surface area contributed by atoms with Gasteiger partial charge in [-0.05, 0) is 12.0 Å². The zero-order valence-corrected chi connectivity index (χ0v) is 9.97. The summed E-state index contributed by atoms with van der Waals surface area (Å²) in [5.41, 5.74) is 0.245. The number of rotatable bonds is 4. The molecule has 1 unspecified atom stereocenters. The van der Waals surface area contributed by atoms with Crippen LogP contribution in [0, 0.1) is 17.2 Å². The summed E-state index contributed by atoms with van der Waals surface area (Å²) in [5, 5.41) is 11.6. The summed E-state index contributed by atoms with van der Waals surface area (Å²) in [7, 11) is 1.33. The van der Waals surface area contributed by atoms with E-state index >= 15 is 0 Å². The molecular formula is C11H14N4O2. The molecule has 1 aromatic heterocycles. The molecule has 0 aromatic carbocycles. The number of hydrogen-bond donors (Lipinski definition) is 1. The predicted molar refractivity (Wildman–Crippen MR) is 61.0 cm³/mol. The monoisotopic (exact) mass is 234 g/mol. The second-order valence-corrected chi connectivity index (χ2v) is 3.77. The Morgan fingerprint density at radius 2 is 2.29 bits per heavy atom. The van der Waals surface area contributed by atoms with Crippen LogP contribution in [0.15, 0.2) is 12.3 Å². The molecule has 1 heterocycles. The van der Waals surface area contributed by atoms with Crippen LogP contribution >= 0.6 is 0 Å². The lowest BCUT2D eigenvalue weighted by atomic mass is 10.1. The first-order valence-electron chi connectivity index (χ1n) is 5.16. The molecule has 1 N–H and O–H groups in total. The maximum Gasteiger partial charge on any atom is 0.328 e. The van der Waals surface area contributed by atoms with Gasteiger partial charge in [0, 0.05) is 6.20 Å². The van der Waals surface area contributed by atoms with E-state index in [9.17, 15) is 4.79 Å². The predicted octanol–water partition coefficient (Wildman–Crippen LogP) is 0.958. The van der Waals surface area contributed by atoms with Crippen molar-refractivity contribution in [3.63, 3.8) is 0 Å². The van der Waals surface area contributed by atoms with Crippen molar-refractivity contribution in [2.45, 2.75) is 19.9 Å². The highest BCUT2D eigenvalue weighted by Crippen LogP contribution is 2.10. The number of hydrogen-bond acceptors (Lipinski definition) is 6. The van der Waals surface area contributed by atoms with Gasteiger partial charge in [-0.2, -0.15) is 5.26 Å². The lowest BCUT2D eigenvalue weighted by molar-refractivity contribution is -0.142. The Hall–Kier alpha value is -2.16. The molecule has 1 atom stereocenters. The Bertz CT molecular complexity index is 439.